The van der Waals surface area contributed by atoms with Crippen molar-refractivity contribution in [1.82, 2.24) is 34.7 Å². The number of nitrogens with one attached hydrogen (secondary N) is 1. The summed E-state index contributed by atoms with van der Waals surface area (Å²) in [7, 11) is 0. The maximum absolute atomic E-state index is 12.7. The number of pyridine rings is 3. The molecule has 0 aliphatic carbocycles. The van der Waals surface area contributed by atoms with Crippen molar-refractivity contribution in [2.45, 2.75) is 83.8 Å². The molecule has 7 rings (SSSR count). The summed E-state index contributed by atoms with van der Waals surface area (Å²) in [5.74, 6) is 1.29. The van der Waals surface area contributed by atoms with E-state index in [0.29, 0.717) is 19.0 Å². The Hall–Kier alpha value is -4.71. The maximum atomic E-state index is 12.7. The average Bonchev–Trinajstić information content (AvgIpc) is 3.75. The Morgan fingerprint density at radius 2 is 2.00 bits per heavy atom. The fraction of sp³-hybridized carbons (Fsp3) is 0.457. The highest BCUT2D eigenvalue weighted by Gasteiger charge is 2.37. The molecule has 246 valence electrons. The third-order valence-corrected chi connectivity index (χ3v) is 8.56. The third kappa shape index (κ3) is 6.60. The Balaban J connectivity index is 1.18. The monoisotopic (exact) mass is 638 g/mol. The summed E-state index contributed by atoms with van der Waals surface area (Å²) in [5.41, 5.74) is 4.48. The van der Waals surface area contributed by atoms with Crippen molar-refractivity contribution >= 4 is 28.5 Å². The zero-order chi connectivity index (χ0) is 32.5. The van der Waals surface area contributed by atoms with E-state index in [4.69, 9.17) is 29.4 Å². The van der Waals surface area contributed by atoms with Gasteiger partial charge in [-0.05, 0) is 76.3 Å². The summed E-state index contributed by atoms with van der Waals surface area (Å²) in [6.07, 6.45) is 11.8. The molecule has 2 aliphatic rings. The highest BCUT2D eigenvalue weighted by atomic mass is 16.6. The molecule has 12 heteroatoms. The number of hydrogen-bond acceptors (Lipinski definition) is 9. The molecule has 2 fully saturated rings. The van der Waals surface area contributed by atoms with Gasteiger partial charge in [-0.3, -0.25) is 0 Å². The van der Waals surface area contributed by atoms with Gasteiger partial charge < -0.3 is 24.4 Å². The second-order valence-corrected chi connectivity index (χ2v) is 13.3. The van der Waals surface area contributed by atoms with Gasteiger partial charge in [0.15, 0.2) is 11.9 Å². The molecule has 1 N–H and O–H groups in total. The Morgan fingerprint density at radius 3 is 2.72 bits per heavy atom. The molecule has 7 heterocycles. The van der Waals surface area contributed by atoms with Gasteiger partial charge in [-0.15, -0.1) is 5.10 Å². The van der Waals surface area contributed by atoms with Gasteiger partial charge in [-0.25, -0.2) is 24.0 Å². The van der Waals surface area contributed by atoms with Gasteiger partial charge in [0, 0.05) is 48.9 Å². The van der Waals surface area contributed by atoms with Crippen molar-refractivity contribution in [3.63, 3.8) is 0 Å². The van der Waals surface area contributed by atoms with Gasteiger partial charge in [-0.2, -0.15) is 5.10 Å². The molecule has 0 bridgehead atoms. The first kappa shape index (κ1) is 30.9. The van der Waals surface area contributed by atoms with Crippen molar-refractivity contribution < 1.29 is 19.0 Å². The van der Waals surface area contributed by atoms with Gasteiger partial charge >= 0.3 is 6.09 Å². The molecule has 0 aromatic carbocycles. The molecule has 0 spiro atoms. The second-order valence-electron chi connectivity index (χ2n) is 13.3. The van der Waals surface area contributed by atoms with Crippen molar-refractivity contribution in [2.75, 3.05) is 24.6 Å². The van der Waals surface area contributed by atoms with Crippen LogP contribution in [0.2, 0.25) is 0 Å². The SMILES string of the molecule is CCCc1cc(-c2ccc(N3C[C@H](NC(=O)OC(C)(C)C)[C@@H](Oc4ccccn4)C3)nc2)c2c3cnn(C4CCCCO4)c3nn2c1. The number of fused-ring (bicyclic) bond motifs is 3. The zero-order valence-corrected chi connectivity index (χ0v) is 27.4. The highest BCUT2D eigenvalue weighted by molar-refractivity contribution is 6.01. The summed E-state index contributed by atoms with van der Waals surface area (Å²) in [6, 6.07) is 11.6. The summed E-state index contributed by atoms with van der Waals surface area (Å²) in [4.78, 5) is 24.1. The largest absolute Gasteiger partial charge is 0.470 e. The van der Waals surface area contributed by atoms with Crippen LogP contribution in [0, 0.1) is 0 Å². The number of anilines is 1. The van der Waals surface area contributed by atoms with Crippen molar-refractivity contribution in [3.8, 4) is 17.0 Å². The summed E-state index contributed by atoms with van der Waals surface area (Å²) < 4.78 is 21.8. The molecular weight excluding hydrogens is 596 g/mol. The van der Waals surface area contributed by atoms with E-state index in [1.807, 2.05) is 66.6 Å². The predicted molar refractivity (Wildman–Crippen MR) is 179 cm³/mol. The lowest BCUT2D eigenvalue weighted by Crippen LogP contribution is -2.47. The molecule has 5 aromatic rings. The minimum atomic E-state index is -0.611. The molecule has 0 saturated carbocycles. The highest BCUT2D eigenvalue weighted by Crippen LogP contribution is 2.34. The third-order valence-electron chi connectivity index (χ3n) is 8.56. The van der Waals surface area contributed by atoms with Gasteiger partial charge in [0.2, 0.25) is 5.88 Å². The smallest absolute Gasteiger partial charge is 0.408 e. The van der Waals surface area contributed by atoms with Crippen LogP contribution in [0.4, 0.5) is 10.6 Å². The van der Waals surface area contributed by atoms with Crippen LogP contribution in [0.25, 0.3) is 27.7 Å². The van der Waals surface area contributed by atoms with Crippen molar-refractivity contribution in [3.05, 3.63) is 66.7 Å². The van der Waals surface area contributed by atoms with Crippen LogP contribution < -0.4 is 15.0 Å². The Labute approximate surface area is 274 Å². The molecule has 0 radical (unpaired) electrons. The van der Waals surface area contributed by atoms with E-state index >= 15 is 0 Å². The molecule has 3 atom stereocenters. The second kappa shape index (κ2) is 12.8. The topological polar surface area (TPSA) is 121 Å². The summed E-state index contributed by atoms with van der Waals surface area (Å²) in [6.45, 7) is 9.49. The van der Waals surface area contributed by atoms with E-state index in [2.05, 4.69) is 40.5 Å². The van der Waals surface area contributed by atoms with Crippen molar-refractivity contribution in [2.24, 2.45) is 0 Å². The fourth-order valence-electron chi connectivity index (χ4n) is 6.46. The molecule has 2 saturated heterocycles. The number of carbonyl (C=O) groups is 1. The van der Waals surface area contributed by atoms with Gasteiger partial charge in [0.25, 0.3) is 0 Å². The minimum Gasteiger partial charge on any atom is -0.470 e. The zero-order valence-electron chi connectivity index (χ0n) is 27.4. The van der Waals surface area contributed by atoms with Crippen LogP contribution in [0.5, 0.6) is 5.88 Å². The molecule has 1 unspecified atom stereocenters. The van der Waals surface area contributed by atoms with Gasteiger partial charge in [0.05, 0.1) is 29.7 Å². The number of nitrogens with zero attached hydrogens (tertiary/aromatic N) is 7. The number of hydrogen-bond donors (Lipinski definition) is 1. The number of aromatic nitrogens is 6. The Morgan fingerprint density at radius 1 is 1.11 bits per heavy atom. The molecule has 1 amide bonds. The maximum Gasteiger partial charge on any atom is 0.408 e. The standard InChI is InChI=1S/C35H42N8O4/c1-5-10-23-17-25(32-26-19-38-43(31-12-7-9-16-45-31)33(26)40-42(32)20-23)24-13-14-29(37-18-24)41-21-27(39-34(44)47-35(2,3)4)28(22-41)46-30-11-6-8-15-36-30/h6,8,11,13-15,17-20,27-28,31H,5,7,9-10,12,16,21-22H2,1-4H3,(H,39,44)/t27-,28-,31?/m0/s1. The van der Waals surface area contributed by atoms with Crippen LogP contribution in [-0.4, -0.2) is 72.9 Å². The van der Waals surface area contributed by atoms with Crippen LogP contribution in [0.3, 0.4) is 0 Å². The fourth-order valence-corrected chi connectivity index (χ4v) is 6.46. The van der Waals surface area contributed by atoms with Crippen LogP contribution in [0.15, 0.2) is 61.2 Å². The Bertz CT molecular complexity index is 1840. The van der Waals surface area contributed by atoms with E-state index in [1.165, 1.54) is 5.56 Å². The molecule has 2 aliphatic heterocycles. The number of amides is 1. The van der Waals surface area contributed by atoms with Crippen LogP contribution in [0.1, 0.15) is 65.2 Å². The lowest BCUT2D eigenvalue weighted by atomic mass is 10.0. The first-order valence-corrected chi connectivity index (χ1v) is 16.5. The number of aryl methyl sites for hydroxylation is 1. The first-order chi connectivity index (χ1) is 22.8. The normalized spacial score (nSPS) is 20.2. The number of ether oxygens (including phenoxy) is 3. The molecule has 5 aromatic heterocycles. The summed E-state index contributed by atoms with van der Waals surface area (Å²) >= 11 is 0. The molecule has 47 heavy (non-hydrogen) atoms. The number of carbonyl (C=O) groups excluding carboxylic acids is 1. The van der Waals surface area contributed by atoms with Crippen LogP contribution in [-0.2, 0) is 15.9 Å². The number of alkyl carbamates (subject to hydrolysis) is 1. The lowest BCUT2D eigenvalue weighted by molar-refractivity contribution is -0.0370. The quantitative estimate of drug-likeness (QED) is 0.220. The van der Waals surface area contributed by atoms with E-state index in [0.717, 1.165) is 72.2 Å². The minimum absolute atomic E-state index is 0.0924. The van der Waals surface area contributed by atoms with Gasteiger partial charge in [0.1, 0.15) is 17.5 Å². The Kier molecular flexibility index (Phi) is 8.44. The lowest BCUT2D eigenvalue weighted by Gasteiger charge is -2.24. The average molecular weight is 639 g/mol. The van der Waals surface area contributed by atoms with E-state index in [9.17, 15) is 4.79 Å². The van der Waals surface area contributed by atoms with Gasteiger partial charge in [-0.1, -0.05) is 19.4 Å². The van der Waals surface area contributed by atoms with E-state index < -0.39 is 11.7 Å². The predicted octanol–water partition coefficient (Wildman–Crippen LogP) is 5.95. The summed E-state index contributed by atoms with van der Waals surface area (Å²) in [5, 5.41) is 13.7. The van der Waals surface area contributed by atoms with E-state index in [1.54, 1.807) is 6.20 Å². The molecule has 12 nitrogen and oxygen atoms in total. The van der Waals surface area contributed by atoms with Crippen molar-refractivity contribution in [1.29, 1.82) is 0 Å². The van der Waals surface area contributed by atoms with Crippen LogP contribution >= 0.6 is 0 Å². The van der Waals surface area contributed by atoms with E-state index in [-0.39, 0.29) is 18.4 Å². The number of rotatable bonds is 8. The molecular formula is C35H42N8O4. The first-order valence-electron chi connectivity index (χ1n) is 16.5.